The van der Waals surface area contributed by atoms with Gasteiger partial charge in [-0.3, -0.25) is 14.5 Å². The van der Waals surface area contributed by atoms with Crippen molar-refractivity contribution in [2.45, 2.75) is 0 Å². The molecule has 0 aliphatic carbocycles. The number of imide groups is 1. The Kier molecular flexibility index (Phi) is 6.18. The first kappa shape index (κ1) is 20.6. The van der Waals surface area contributed by atoms with E-state index in [9.17, 15) is 9.59 Å². The minimum Gasteiger partial charge on any atom is -0.492 e. The maximum Gasteiger partial charge on any atom is 0.293 e. The van der Waals surface area contributed by atoms with Crippen LogP contribution in [0.15, 0.2) is 70.0 Å². The number of carbonyl (C=O) groups is 2. The molecule has 0 atom stereocenters. The summed E-state index contributed by atoms with van der Waals surface area (Å²) < 4.78 is 11.4. The Morgan fingerprint density at radius 3 is 2.47 bits per heavy atom. The van der Waals surface area contributed by atoms with Crippen molar-refractivity contribution < 1.29 is 18.7 Å². The van der Waals surface area contributed by atoms with Gasteiger partial charge in [-0.15, -0.1) is 0 Å². The molecule has 0 radical (unpaired) electrons. The second-order valence-electron chi connectivity index (χ2n) is 6.36. The van der Waals surface area contributed by atoms with Gasteiger partial charge in [-0.25, -0.2) is 0 Å². The van der Waals surface area contributed by atoms with Crippen LogP contribution in [0.25, 0.3) is 17.4 Å². The van der Waals surface area contributed by atoms with E-state index in [0.717, 1.165) is 17.3 Å². The predicted octanol–water partition coefficient (Wildman–Crippen LogP) is 6.37. The van der Waals surface area contributed by atoms with Gasteiger partial charge in [-0.05, 0) is 54.2 Å². The quantitative estimate of drug-likeness (QED) is 0.400. The number of hydrogen-bond acceptors (Lipinski definition) is 5. The van der Waals surface area contributed by atoms with Crippen molar-refractivity contribution in [3.8, 4) is 17.1 Å². The number of carbonyl (C=O) groups excluding carboxylic acids is 2. The molecule has 1 aliphatic heterocycles. The van der Waals surface area contributed by atoms with Gasteiger partial charge in [0.2, 0.25) is 0 Å². The summed E-state index contributed by atoms with van der Waals surface area (Å²) in [6.07, 6.45) is 1.55. The van der Waals surface area contributed by atoms with Crippen LogP contribution < -0.4 is 4.74 Å². The summed E-state index contributed by atoms with van der Waals surface area (Å²) in [6, 6.07) is 17.8. The van der Waals surface area contributed by atoms with Gasteiger partial charge in [-0.1, -0.05) is 41.4 Å². The highest BCUT2D eigenvalue weighted by atomic mass is 35.5. The molecule has 1 saturated heterocycles. The molecule has 1 aliphatic rings. The number of nitrogens with zero attached hydrogens (tertiary/aromatic N) is 1. The molecule has 2 aromatic carbocycles. The molecule has 2 amide bonds. The van der Waals surface area contributed by atoms with Crippen LogP contribution in [0.3, 0.4) is 0 Å². The lowest BCUT2D eigenvalue weighted by Gasteiger charge is -2.13. The van der Waals surface area contributed by atoms with Crippen LogP contribution in [-0.4, -0.2) is 29.2 Å². The van der Waals surface area contributed by atoms with E-state index in [1.165, 1.54) is 4.90 Å². The van der Waals surface area contributed by atoms with Gasteiger partial charge >= 0.3 is 0 Å². The number of rotatable bonds is 6. The Morgan fingerprint density at radius 2 is 1.73 bits per heavy atom. The third-order valence-electron chi connectivity index (χ3n) is 4.25. The molecule has 0 spiro atoms. The third kappa shape index (κ3) is 4.73. The third-order valence-corrected chi connectivity index (χ3v) is 5.59. The van der Waals surface area contributed by atoms with E-state index >= 15 is 0 Å². The molecule has 8 heteroatoms. The Balaban J connectivity index is 1.44. The van der Waals surface area contributed by atoms with Crippen molar-refractivity contribution in [1.82, 2.24) is 4.90 Å². The highest BCUT2D eigenvalue weighted by Crippen LogP contribution is 2.34. The Labute approximate surface area is 187 Å². The Bertz CT molecular complexity index is 1110. The molecule has 1 fully saturated rings. The number of hydrogen-bond donors (Lipinski definition) is 0. The first-order valence-electron chi connectivity index (χ1n) is 8.99. The van der Waals surface area contributed by atoms with E-state index in [2.05, 4.69) is 0 Å². The smallest absolute Gasteiger partial charge is 0.293 e. The molecule has 0 unspecified atom stereocenters. The summed E-state index contributed by atoms with van der Waals surface area (Å²) >= 11 is 12.9. The minimum atomic E-state index is -0.370. The summed E-state index contributed by atoms with van der Waals surface area (Å²) in [6.45, 7) is 0.386. The van der Waals surface area contributed by atoms with E-state index in [4.69, 9.17) is 32.4 Å². The maximum atomic E-state index is 12.6. The van der Waals surface area contributed by atoms with Crippen molar-refractivity contribution in [3.05, 3.63) is 81.4 Å². The molecule has 30 heavy (non-hydrogen) atoms. The summed E-state index contributed by atoms with van der Waals surface area (Å²) in [5, 5.41) is 0.653. The van der Waals surface area contributed by atoms with Crippen LogP contribution in [0.4, 0.5) is 4.79 Å². The number of para-hydroxylation sites is 1. The number of furan rings is 1. The summed E-state index contributed by atoms with van der Waals surface area (Å²) in [5.41, 5.74) is 0.721. The number of halogens is 2. The topological polar surface area (TPSA) is 59.8 Å². The molecule has 0 saturated carbocycles. The summed E-state index contributed by atoms with van der Waals surface area (Å²) in [4.78, 5) is 26.3. The zero-order valence-electron chi connectivity index (χ0n) is 15.5. The zero-order valence-corrected chi connectivity index (χ0v) is 17.8. The molecule has 3 aromatic rings. The molecule has 0 N–H and O–H groups in total. The van der Waals surface area contributed by atoms with Gasteiger partial charge in [0.1, 0.15) is 23.9 Å². The lowest BCUT2D eigenvalue weighted by molar-refractivity contribution is -0.123. The highest BCUT2D eigenvalue weighted by molar-refractivity contribution is 8.18. The van der Waals surface area contributed by atoms with Gasteiger partial charge in [0.25, 0.3) is 11.1 Å². The predicted molar refractivity (Wildman–Crippen MR) is 119 cm³/mol. The van der Waals surface area contributed by atoms with Gasteiger partial charge < -0.3 is 9.15 Å². The zero-order chi connectivity index (χ0) is 21.1. The molecular formula is C22H15Cl2NO4S. The maximum absolute atomic E-state index is 12.6. The van der Waals surface area contributed by atoms with E-state index in [1.807, 2.05) is 30.3 Å². The van der Waals surface area contributed by atoms with E-state index in [1.54, 1.807) is 36.4 Å². The summed E-state index contributed by atoms with van der Waals surface area (Å²) in [7, 11) is 0. The van der Waals surface area contributed by atoms with E-state index in [0.29, 0.717) is 32.2 Å². The number of benzene rings is 2. The van der Waals surface area contributed by atoms with Gasteiger partial charge in [0, 0.05) is 21.7 Å². The van der Waals surface area contributed by atoms with E-state index < -0.39 is 0 Å². The fraction of sp³-hybridized carbons (Fsp3) is 0.0909. The summed E-state index contributed by atoms with van der Waals surface area (Å²) in [5.74, 6) is 1.32. The van der Waals surface area contributed by atoms with Crippen molar-refractivity contribution in [2.75, 3.05) is 13.2 Å². The van der Waals surface area contributed by atoms with Gasteiger partial charge in [-0.2, -0.15) is 0 Å². The van der Waals surface area contributed by atoms with Gasteiger partial charge in [0.15, 0.2) is 0 Å². The van der Waals surface area contributed by atoms with Crippen molar-refractivity contribution >= 4 is 52.2 Å². The standard InChI is InChI=1S/C22H15Cl2NO4S/c23-15-10-14(11-16(24)12-15)19-7-6-18(29-19)13-20-21(26)25(22(27)30-20)8-9-28-17-4-2-1-3-5-17/h1-7,10-13H,8-9H2/b20-13-. The lowest BCUT2D eigenvalue weighted by atomic mass is 10.2. The normalized spacial score (nSPS) is 15.3. The van der Waals surface area contributed by atoms with Crippen LogP contribution in [0, 0.1) is 0 Å². The van der Waals surface area contributed by atoms with Crippen LogP contribution in [0.5, 0.6) is 5.75 Å². The minimum absolute atomic E-state index is 0.168. The van der Waals surface area contributed by atoms with Crippen LogP contribution in [0.2, 0.25) is 10.0 Å². The number of thioether (sulfide) groups is 1. The molecule has 2 heterocycles. The van der Waals surface area contributed by atoms with Crippen molar-refractivity contribution in [1.29, 1.82) is 0 Å². The second kappa shape index (κ2) is 9.00. The first-order valence-corrected chi connectivity index (χ1v) is 10.6. The SMILES string of the molecule is O=C1S/C(=C\c2ccc(-c3cc(Cl)cc(Cl)c3)o2)C(=O)N1CCOc1ccccc1. The van der Waals surface area contributed by atoms with Crippen LogP contribution in [0.1, 0.15) is 5.76 Å². The van der Waals surface area contributed by atoms with E-state index in [-0.39, 0.29) is 24.3 Å². The average molecular weight is 460 g/mol. The molecule has 0 bridgehead atoms. The largest absolute Gasteiger partial charge is 0.492 e. The van der Waals surface area contributed by atoms with Crippen molar-refractivity contribution in [3.63, 3.8) is 0 Å². The van der Waals surface area contributed by atoms with Crippen LogP contribution >= 0.6 is 35.0 Å². The van der Waals surface area contributed by atoms with Gasteiger partial charge in [0.05, 0.1) is 11.4 Å². The fourth-order valence-corrected chi connectivity index (χ4v) is 4.25. The number of ether oxygens (including phenoxy) is 1. The lowest BCUT2D eigenvalue weighted by Crippen LogP contribution is -2.32. The first-order chi connectivity index (χ1) is 14.5. The molecule has 5 nitrogen and oxygen atoms in total. The molecular weight excluding hydrogens is 445 g/mol. The Morgan fingerprint density at radius 1 is 1.00 bits per heavy atom. The monoisotopic (exact) mass is 459 g/mol. The molecule has 4 rings (SSSR count). The molecule has 152 valence electrons. The average Bonchev–Trinajstić information content (AvgIpc) is 3.28. The van der Waals surface area contributed by atoms with Crippen LogP contribution in [-0.2, 0) is 4.79 Å². The molecule has 1 aromatic heterocycles. The Hall–Kier alpha value is -2.67. The van der Waals surface area contributed by atoms with Crippen molar-refractivity contribution in [2.24, 2.45) is 0 Å². The fourth-order valence-electron chi connectivity index (χ4n) is 2.88. The second-order valence-corrected chi connectivity index (χ2v) is 8.22. The number of amides is 2. The highest BCUT2D eigenvalue weighted by Gasteiger charge is 2.35.